The summed E-state index contributed by atoms with van der Waals surface area (Å²) in [5.41, 5.74) is 0. The average Bonchev–Trinajstić information content (AvgIpc) is 1.97. The van der Waals surface area contributed by atoms with Gasteiger partial charge in [-0.15, -0.1) is 0 Å². The summed E-state index contributed by atoms with van der Waals surface area (Å²) in [6.45, 7) is 4.51. The van der Waals surface area contributed by atoms with Gasteiger partial charge in [-0.3, -0.25) is 0 Å². The molecule has 0 aromatic heterocycles. The fraction of sp³-hybridized carbons (Fsp3) is 1.00. The number of unbranched alkanes of at least 4 members (excludes halogenated alkanes) is 2. The molecule has 0 amide bonds. The van der Waals surface area contributed by atoms with Crippen molar-refractivity contribution in [1.82, 2.24) is 0 Å². The maximum absolute atomic E-state index is 3.70. The summed E-state index contributed by atoms with van der Waals surface area (Å²) in [7, 11) is 0. The normalized spacial score (nSPS) is 11.7. The summed E-state index contributed by atoms with van der Waals surface area (Å²) >= 11 is 4.30. The van der Waals surface area contributed by atoms with Gasteiger partial charge in [-0.25, -0.2) is 0 Å². The first-order valence-corrected chi connectivity index (χ1v) is 7.61. The number of halogens is 1. The Labute approximate surface area is 76.4 Å². The van der Waals surface area contributed by atoms with Crippen molar-refractivity contribution < 1.29 is 12.1 Å². The van der Waals surface area contributed by atoms with E-state index in [1.807, 2.05) is 0 Å². The van der Waals surface area contributed by atoms with Crippen LogP contribution in [0.2, 0.25) is 10.6 Å². The van der Waals surface area contributed by atoms with Crippen molar-refractivity contribution in [3.63, 3.8) is 0 Å². The molecule has 68 valence electrons. The van der Waals surface area contributed by atoms with Crippen LogP contribution in [0.3, 0.4) is 0 Å². The average molecular weight is 258 g/mol. The SMILES string of the molecule is CCC[CH2][Cu]([Br])[CH2]CCC. The fourth-order valence-corrected chi connectivity index (χ4v) is 3.54. The summed E-state index contributed by atoms with van der Waals surface area (Å²) in [4.78, 5) is 0. The maximum atomic E-state index is 3.70. The molecular formula is C8H18BrCu. The van der Waals surface area contributed by atoms with Crippen molar-refractivity contribution >= 4 is 14.1 Å². The van der Waals surface area contributed by atoms with Crippen LogP contribution in [-0.4, -0.2) is 0 Å². The van der Waals surface area contributed by atoms with E-state index in [0.29, 0.717) is 12.1 Å². The van der Waals surface area contributed by atoms with Crippen molar-refractivity contribution in [2.24, 2.45) is 0 Å². The minimum absolute atomic E-state index is 0.603. The summed E-state index contributed by atoms with van der Waals surface area (Å²) in [5.74, 6) is 0. The summed E-state index contributed by atoms with van der Waals surface area (Å²) in [6.07, 6.45) is 5.43. The van der Waals surface area contributed by atoms with E-state index in [4.69, 9.17) is 0 Å². The molecule has 0 aromatic carbocycles. The molecule has 0 aliphatic carbocycles. The number of rotatable bonds is 6. The molecule has 10 heavy (non-hydrogen) atoms. The van der Waals surface area contributed by atoms with Crippen LogP contribution in [0.1, 0.15) is 39.5 Å². The van der Waals surface area contributed by atoms with E-state index in [9.17, 15) is 0 Å². The van der Waals surface area contributed by atoms with Gasteiger partial charge in [0.15, 0.2) is 0 Å². The van der Waals surface area contributed by atoms with Gasteiger partial charge in [0, 0.05) is 0 Å². The molecule has 0 nitrogen and oxygen atoms in total. The Morgan fingerprint density at radius 3 is 1.70 bits per heavy atom. The summed E-state index contributed by atoms with van der Waals surface area (Å²) in [6, 6.07) is 0. The second-order valence-electron chi connectivity index (χ2n) is 2.32. The van der Waals surface area contributed by atoms with Gasteiger partial charge in [0.2, 0.25) is 0 Å². The Morgan fingerprint density at radius 2 is 1.40 bits per heavy atom. The monoisotopic (exact) mass is 256 g/mol. The van der Waals surface area contributed by atoms with Crippen LogP contribution in [0.5, 0.6) is 0 Å². The van der Waals surface area contributed by atoms with Gasteiger partial charge in [0.25, 0.3) is 0 Å². The van der Waals surface area contributed by atoms with E-state index in [2.05, 4.69) is 28.0 Å². The van der Waals surface area contributed by atoms with Crippen molar-refractivity contribution in [2.45, 2.75) is 50.2 Å². The van der Waals surface area contributed by atoms with Gasteiger partial charge in [0.05, 0.1) is 0 Å². The van der Waals surface area contributed by atoms with E-state index >= 15 is 0 Å². The van der Waals surface area contributed by atoms with Gasteiger partial charge < -0.3 is 0 Å². The molecule has 0 heterocycles. The van der Waals surface area contributed by atoms with Crippen LogP contribution in [-0.2, 0) is 12.1 Å². The molecular weight excluding hydrogens is 240 g/mol. The Morgan fingerprint density at radius 1 is 1.00 bits per heavy atom. The van der Waals surface area contributed by atoms with Gasteiger partial charge in [-0.05, 0) is 0 Å². The topological polar surface area (TPSA) is 0 Å². The van der Waals surface area contributed by atoms with Crippen LogP contribution in [0.4, 0.5) is 0 Å². The van der Waals surface area contributed by atoms with Crippen LogP contribution in [0.25, 0.3) is 0 Å². The fourth-order valence-electron chi connectivity index (χ4n) is 0.520. The first kappa shape index (κ1) is 11.0. The second kappa shape index (κ2) is 8.10. The molecule has 0 unspecified atom stereocenters. The molecule has 0 aliphatic rings. The molecule has 0 aliphatic heterocycles. The van der Waals surface area contributed by atoms with Crippen LogP contribution in [0, 0.1) is 0 Å². The molecule has 2 heteroatoms. The predicted molar refractivity (Wildman–Crippen MR) is 48.4 cm³/mol. The van der Waals surface area contributed by atoms with E-state index in [-0.39, 0.29) is 0 Å². The number of hydrogen-bond donors (Lipinski definition) is 0. The zero-order valence-corrected chi connectivity index (χ0v) is 9.45. The molecule has 0 aromatic rings. The van der Waals surface area contributed by atoms with E-state index < -0.39 is 0 Å². The predicted octanol–water partition coefficient (Wildman–Crippen LogP) is 4.35. The Kier molecular flexibility index (Phi) is 8.91. The van der Waals surface area contributed by atoms with E-state index in [1.165, 1.54) is 36.3 Å². The first-order chi connectivity index (χ1) is 4.81. The third kappa shape index (κ3) is 7.11. The molecule has 0 saturated heterocycles. The van der Waals surface area contributed by atoms with Gasteiger partial charge >= 0.3 is 76.4 Å². The summed E-state index contributed by atoms with van der Waals surface area (Å²) < 4.78 is 0. The zero-order valence-electron chi connectivity index (χ0n) is 6.92. The Balaban J connectivity index is 3.00. The molecule has 0 fully saturated rings. The van der Waals surface area contributed by atoms with Crippen LogP contribution < -0.4 is 0 Å². The van der Waals surface area contributed by atoms with Crippen molar-refractivity contribution in [2.75, 3.05) is 0 Å². The Bertz CT molecular complexity index is 58.3. The molecule has 0 atom stereocenters. The molecule has 0 N–H and O–H groups in total. The molecule has 0 radical (unpaired) electrons. The molecule has 0 saturated carbocycles. The first-order valence-electron chi connectivity index (χ1n) is 3.95. The van der Waals surface area contributed by atoms with E-state index in [1.54, 1.807) is 0 Å². The van der Waals surface area contributed by atoms with Crippen molar-refractivity contribution in [3.8, 4) is 0 Å². The third-order valence-electron chi connectivity index (χ3n) is 1.25. The molecule has 0 rings (SSSR count). The molecule has 0 spiro atoms. The van der Waals surface area contributed by atoms with Crippen molar-refractivity contribution in [1.29, 1.82) is 0 Å². The van der Waals surface area contributed by atoms with Gasteiger partial charge in [0.1, 0.15) is 0 Å². The quantitative estimate of drug-likeness (QED) is 0.621. The Hall–Kier alpha value is 0.999. The van der Waals surface area contributed by atoms with Gasteiger partial charge in [-0.2, -0.15) is 0 Å². The minimum atomic E-state index is 0.603. The van der Waals surface area contributed by atoms with Crippen molar-refractivity contribution in [3.05, 3.63) is 0 Å². The summed E-state index contributed by atoms with van der Waals surface area (Å²) in [5, 5.41) is 2.76. The molecule has 0 bridgehead atoms. The standard InChI is InChI=1S/2C4H9.BrH.Cu/c2*1-3-4-2;;/h2*1,3-4H2,2H3;1H;/q;;;+1/p-1. The zero-order chi connectivity index (χ0) is 7.82. The number of hydrogen-bond acceptors (Lipinski definition) is 0. The van der Waals surface area contributed by atoms with Gasteiger partial charge in [-0.1, -0.05) is 0 Å². The second-order valence-corrected chi connectivity index (χ2v) is 7.02. The van der Waals surface area contributed by atoms with Crippen LogP contribution >= 0.6 is 14.1 Å². The van der Waals surface area contributed by atoms with E-state index in [0.717, 1.165) is 0 Å². The van der Waals surface area contributed by atoms with Crippen LogP contribution in [0.15, 0.2) is 0 Å². The third-order valence-corrected chi connectivity index (χ3v) is 4.91.